The second-order valence-corrected chi connectivity index (χ2v) is 3.29. The molecule has 0 rings (SSSR count). The van der Waals surface area contributed by atoms with Gasteiger partial charge in [-0.25, -0.2) is 0 Å². The van der Waals surface area contributed by atoms with E-state index >= 15 is 0 Å². The number of hydrogen-bond donors (Lipinski definition) is 0. The average molecular weight is 152 g/mol. The van der Waals surface area contributed by atoms with Crippen molar-refractivity contribution in [1.82, 2.24) is 0 Å². The van der Waals surface area contributed by atoms with E-state index < -0.39 is 0 Å². The Balaban J connectivity index is 4.05. The molecule has 0 aliphatic rings. The van der Waals surface area contributed by atoms with Crippen molar-refractivity contribution in [1.29, 1.82) is 0 Å². The lowest BCUT2D eigenvalue weighted by molar-refractivity contribution is 0.781. The van der Waals surface area contributed by atoms with Gasteiger partial charge in [-0.1, -0.05) is 31.1 Å². The smallest absolute Gasteiger partial charge is 0.0317 e. The molecule has 0 nitrogen and oxygen atoms in total. The van der Waals surface area contributed by atoms with Gasteiger partial charge in [-0.2, -0.15) is 0 Å². The summed E-state index contributed by atoms with van der Waals surface area (Å²) in [6.45, 7) is 12.6. The summed E-state index contributed by atoms with van der Waals surface area (Å²) in [5.74, 6) is 0. The van der Waals surface area contributed by atoms with Crippen molar-refractivity contribution < 1.29 is 0 Å². The molecule has 0 N–H and O–H groups in total. The molecule has 11 heavy (non-hydrogen) atoms. The van der Waals surface area contributed by atoms with Crippen LogP contribution in [0.25, 0.3) is 0 Å². The average Bonchev–Trinajstić information content (AvgIpc) is 1.98. The van der Waals surface area contributed by atoms with E-state index in [2.05, 4.69) is 34.3 Å². The number of hydrogen-bond acceptors (Lipinski definition) is 0. The largest absolute Gasteiger partial charge is 0.0959 e. The fourth-order valence-electron chi connectivity index (χ4n) is 0.994. The van der Waals surface area contributed by atoms with Gasteiger partial charge in [-0.05, 0) is 39.2 Å². The Morgan fingerprint density at radius 3 is 2.09 bits per heavy atom. The molecule has 0 heterocycles. The summed E-state index contributed by atoms with van der Waals surface area (Å²) in [6, 6.07) is 0. The van der Waals surface area contributed by atoms with Crippen LogP contribution in [0.5, 0.6) is 0 Å². The third kappa shape index (κ3) is 4.02. The molecule has 0 heteroatoms. The van der Waals surface area contributed by atoms with Crippen molar-refractivity contribution in [2.24, 2.45) is 0 Å². The summed E-state index contributed by atoms with van der Waals surface area (Å²) in [4.78, 5) is 0. The topological polar surface area (TPSA) is 0 Å². The van der Waals surface area contributed by atoms with Crippen LogP contribution in [0.2, 0.25) is 0 Å². The van der Waals surface area contributed by atoms with Crippen molar-refractivity contribution >= 4 is 0 Å². The zero-order valence-corrected chi connectivity index (χ0v) is 8.33. The molecule has 0 aromatic carbocycles. The highest BCUT2D eigenvalue weighted by Crippen LogP contribution is 2.16. The lowest BCUT2D eigenvalue weighted by Gasteiger charge is -2.05. The van der Waals surface area contributed by atoms with E-state index in [0.717, 1.165) is 0 Å². The van der Waals surface area contributed by atoms with Crippen LogP contribution < -0.4 is 0 Å². The van der Waals surface area contributed by atoms with Gasteiger partial charge < -0.3 is 0 Å². The molecule has 0 atom stereocenters. The predicted octanol–water partition coefficient (Wildman–Crippen LogP) is 4.09. The molecule has 0 radical (unpaired) electrons. The second-order valence-electron chi connectivity index (χ2n) is 3.29. The van der Waals surface area contributed by atoms with Crippen molar-refractivity contribution in [3.05, 3.63) is 23.3 Å². The van der Waals surface area contributed by atoms with Crippen LogP contribution in [-0.4, -0.2) is 0 Å². The molecule has 0 unspecified atom stereocenters. The molecule has 0 spiro atoms. The lowest BCUT2D eigenvalue weighted by Crippen LogP contribution is -1.85. The van der Waals surface area contributed by atoms with Crippen LogP contribution in [0, 0.1) is 0 Å². The van der Waals surface area contributed by atoms with Gasteiger partial charge in [-0.15, -0.1) is 0 Å². The van der Waals surface area contributed by atoms with Crippen LogP contribution in [-0.2, 0) is 0 Å². The summed E-state index contributed by atoms with van der Waals surface area (Å²) in [6.07, 6.45) is 3.81. The summed E-state index contributed by atoms with van der Waals surface area (Å²) in [5, 5.41) is 0. The number of rotatable bonds is 4. The minimum Gasteiger partial charge on any atom is -0.0959 e. The van der Waals surface area contributed by atoms with E-state index in [1.807, 2.05) is 0 Å². The SMILES string of the molecule is C=C(C)/C(C)=C(\C)CCCC. The van der Waals surface area contributed by atoms with E-state index in [9.17, 15) is 0 Å². The Morgan fingerprint density at radius 2 is 1.73 bits per heavy atom. The maximum atomic E-state index is 3.93. The Labute approximate surface area is 71.0 Å². The molecular weight excluding hydrogens is 132 g/mol. The van der Waals surface area contributed by atoms with Crippen LogP contribution >= 0.6 is 0 Å². The lowest BCUT2D eigenvalue weighted by atomic mass is 10.0. The molecule has 0 aromatic rings. The first-order valence-corrected chi connectivity index (χ1v) is 4.41. The van der Waals surface area contributed by atoms with E-state index in [4.69, 9.17) is 0 Å². The zero-order chi connectivity index (χ0) is 8.85. The van der Waals surface area contributed by atoms with Gasteiger partial charge >= 0.3 is 0 Å². The van der Waals surface area contributed by atoms with E-state index in [1.54, 1.807) is 0 Å². The highest BCUT2D eigenvalue weighted by Gasteiger charge is 1.96. The van der Waals surface area contributed by atoms with Crippen molar-refractivity contribution in [2.75, 3.05) is 0 Å². The highest BCUT2D eigenvalue weighted by molar-refractivity contribution is 5.28. The standard InChI is InChI=1S/C11H20/c1-6-7-8-10(4)11(5)9(2)3/h2,6-8H2,1,3-5H3/b11-10+. The van der Waals surface area contributed by atoms with Crippen molar-refractivity contribution in [2.45, 2.75) is 47.0 Å². The third-order valence-corrected chi connectivity index (χ3v) is 2.19. The van der Waals surface area contributed by atoms with Crippen LogP contribution in [0.15, 0.2) is 23.3 Å². The third-order valence-electron chi connectivity index (χ3n) is 2.19. The van der Waals surface area contributed by atoms with Crippen LogP contribution in [0.4, 0.5) is 0 Å². The summed E-state index contributed by atoms with van der Waals surface area (Å²) in [7, 11) is 0. The first-order valence-electron chi connectivity index (χ1n) is 4.41. The Morgan fingerprint density at radius 1 is 1.18 bits per heavy atom. The van der Waals surface area contributed by atoms with E-state index in [0.29, 0.717) is 0 Å². The van der Waals surface area contributed by atoms with Gasteiger partial charge in [0.25, 0.3) is 0 Å². The summed E-state index contributed by atoms with van der Waals surface area (Å²) < 4.78 is 0. The van der Waals surface area contributed by atoms with Gasteiger partial charge in [0.2, 0.25) is 0 Å². The van der Waals surface area contributed by atoms with Gasteiger partial charge in [0.1, 0.15) is 0 Å². The Bertz CT molecular complexity index is 161. The van der Waals surface area contributed by atoms with Gasteiger partial charge in [-0.3, -0.25) is 0 Å². The quantitative estimate of drug-likeness (QED) is 0.532. The Kier molecular flexibility index (Phi) is 4.93. The zero-order valence-electron chi connectivity index (χ0n) is 8.33. The predicted molar refractivity (Wildman–Crippen MR) is 52.7 cm³/mol. The highest BCUT2D eigenvalue weighted by atomic mass is 14.0. The molecule has 0 fully saturated rings. The van der Waals surface area contributed by atoms with Crippen molar-refractivity contribution in [3.8, 4) is 0 Å². The number of unbranched alkanes of at least 4 members (excludes halogenated alkanes) is 1. The molecule has 0 saturated carbocycles. The molecule has 0 aromatic heterocycles. The molecule has 0 bridgehead atoms. The molecule has 0 saturated heterocycles. The summed E-state index contributed by atoms with van der Waals surface area (Å²) in [5.41, 5.74) is 4.09. The van der Waals surface area contributed by atoms with E-state index in [-0.39, 0.29) is 0 Å². The fraction of sp³-hybridized carbons (Fsp3) is 0.636. The van der Waals surface area contributed by atoms with Gasteiger partial charge in [0, 0.05) is 0 Å². The van der Waals surface area contributed by atoms with Gasteiger partial charge in [0.05, 0.1) is 0 Å². The van der Waals surface area contributed by atoms with Gasteiger partial charge in [0.15, 0.2) is 0 Å². The van der Waals surface area contributed by atoms with Crippen LogP contribution in [0.1, 0.15) is 47.0 Å². The monoisotopic (exact) mass is 152 g/mol. The molecule has 0 aliphatic carbocycles. The molecule has 0 aliphatic heterocycles. The number of allylic oxidation sites excluding steroid dienone is 3. The summed E-state index contributed by atoms with van der Waals surface area (Å²) >= 11 is 0. The first-order chi connectivity index (χ1) is 5.09. The van der Waals surface area contributed by atoms with Crippen molar-refractivity contribution in [3.63, 3.8) is 0 Å². The Hall–Kier alpha value is -0.520. The molecule has 0 amide bonds. The molecule has 64 valence electrons. The van der Waals surface area contributed by atoms with E-state index in [1.165, 1.54) is 36.0 Å². The maximum absolute atomic E-state index is 3.93. The second kappa shape index (κ2) is 5.17. The first kappa shape index (κ1) is 10.5. The minimum absolute atomic E-state index is 1.21. The normalized spacial score (nSPS) is 12.7. The molecular formula is C11H20. The fourth-order valence-corrected chi connectivity index (χ4v) is 0.994. The van der Waals surface area contributed by atoms with Crippen LogP contribution in [0.3, 0.4) is 0 Å². The maximum Gasteiger partial charge on any atom is -0.0317 e. The minimum atomic E-state index is 1.21.